The minimum atomic E-state index is -1.02. The average Bonchev–Trinajstić information content (AvgIpc) is 2.45. The van der Waals surface area contributed by atoms with Crippen molar-refractivity contribution in [3.05, 3.63) is 35.9 Å². The van der Waals surface area contributed by atoms with Crippen molar-refractivity contribution >= 4 is 11.9 Å². The van der Waals surface area contributed by atoms with Crippen molar-refractivity contribution < 1.29 is 19.4 Å². The fourth-order valence-corrected chi connectivity index (χ4v) is 1.94. The Bertz CT molecular complexity index is 433. The molecule has 1 rings (SSSR count). The second-order valence-corrected chi connectivity index (χ2v) is 4.57. The number of carboxylic acids is 1. The number of carboxylic acid groups (broad SMARTS) is 1. The number of methoxy groups -OCH3 is 1. The largest absolute Gasteiger partial charge is 0.480 e. The van der Waals surface area contributed by atoms with Gasteiger partial charge in [0.15, 0.2) is 6.10 Å². The smallest absolute Gasteiger partial charge is 0.326 e. The Labute approximate surface area is 118 Å². The van der Waals surface area contributed by atoms with Crippen molar-refractivity contribution in [2.24, 2.45) is 0 Å². The third kappa shape index (κ3) is 4.66. The first kappa shape index (κ1) is 16.2. The van der Waals surface area contributed by atoms with E-state index >= 15 is 0 Å². The molecule has 20 heavy (non-hydrogen) atoms. The molecule has 0 aliphatic heterocycles. The van der Waals surface area contributed by atoms with Crippen LogP contribution in [0.5, 0.6) is 0 Å². The lowest BCUT2D eigenvalue weighted by Gasteiger charge is -2.19. The molecule has 0 unspecified atom stereocenters. The summed E-state index contributed by atoms with van der Waals surface area (Å²) in [5.41, 5.74) is 0.701. The number of carbonyl (C=O) groups is 2. The molecule has 0 saturated heterocycles. The van der Waals surface area contributed by atoms with E-state index in [2.05, 4.69) is 5.32 Å². The van der Waals surface area contributed by atoms with E-state index in [4.69, 9.17) is 9.84 Å². The van der Waals surface area contributed by atoms with Gasteiger partial charge in [0.2, 0.25) is 0 Å². The van der Waals surface area contributed by atoms with Crippen LogP contribution in [-0.4, -0.2) is 30.1 Å². The molecule has 2 atom stereocenters. The molecule has 1 amide bonds. The van der Waals surface area contributed by atoms with E-state index < -0.39 is 24.0 Å². The number of unbranched alkanes of at least 4 members (excludes halogenated alkanes) is 1. The molecule has 0 aliphatic carbocycles. The Kier molecular flexibility index (Phi) is 6.73. The van der Waals surface area contributed by atoms with Crippen molar-refractivity contribution in [2.45, 2.75) is 38.3 Å². The number of hydrogen-bond donors (Lipinski definition) is 2. The maximum absolute atomic E-state index is 12.2. The van der Waals surface area contributed by atoms with Crippen molar-refractivity contribution in [3.8, 4) is 0 Å². The van der Waals surface area contributed by atoms with Gasteiger partial charge in [-0.3, -0.25) is 4.79 Å². The summed E-state index contributed by atoms with van der Waals surface area (Å²) in [6.07, 6.45) is 1.26. The molecule has 0 fully saturated rings. The fourth-order valence-electron chi connectivity index (χ4n) is 1.94. The number of nitrogens with one attached hydrogen (secondary N) is 1. The van der Waals surface area contributed by atoms with Gasteiger partial charge in [0, 0.05) is 7.11 Å². The molecule has 5 heteroatoms. The molecule has 0 heterocycles. The molecule has 0 saturated carbocycles. The Morgan fingerprint density at radius 1 is 1.30 bits per heavy atom. The Hall–Kier alpha value is -1.88. The van der Waals surface area contributed by atoms with Crippen LogP contribution in [0.3, 0.4) is 0 Å². The first-order valence-electron chi connectivity index (χ1n) is 6.71. The Morgan fingerprint density at radius 3 is 2.45 bits per heavy atom. The highest BCUT2D eigenvalue weighted by Gasteiger charge is 2.25. The van der Waals surface area contributed by atoms with Crippen molar-refractivity contribution in [1.29, 1.82) is 0 Å². The highest BCUT2D eigenvalue weighted by atomic mass is 16.5. The summed E-state index contributed by atoms with van der Waals surface area (Å²) >= 11 is 0. The zero-order valence-electron chi connectivity index (χ0n) is 11.8. The summed E-state index contributed by atoms with van der Waals surface area (Å²) in [4.78, 5) is 23.3. The van der Waals surface area contributed by atoms with Crippen molar-refractivity contribution in [3.63, 3.8) is 0 Å². The van der Waals surface area contributed by atoms with Gasteiger partial charge in [-0.1, -0.05) is 50.1 Å². The van der Waals surface area contributed by atoms with Crippen molar-refractivity contribution in [2.75, 3.05) is 7.11 Å². The summed E-state index contributed by atoms with van der Waals surface area (Å²) in [7, 11) is 1.43. The molecule has 0 bridgehead atoms. The summed E-state index contributed by atoms with van der Waals surface area (Å²) in [5, 5.41) is 11.7. The van der Waals surface area contributed by atoms with E-state index in [-0.39, 0.29) is 0 Å². The summed E-state index contributed by atoms with van der Waals surface area (Å²) in [5.74, 6) is -1.45. The quantitative estimate of drug-likeness (QED) is 0.764. The Balaban J connectivity index is 2.73. The first-order chi connectivity index (χ1) is 9.60. The standard InChI is InChI=1S/C15H21NO4/c1-3-4-10-12(15(18)19)16-14(17)13(20-2)11-8-6-5-7-9-11/h5-9,12-13H,3-4,10H2,1-2H3,(H,16,17)(H,18,19)/t12-,13-/m1/s1. The van der Waals surface area contributed by atoms with Gasteiger partial charge in [-0.2, -0.15) is 0 Å². The summed E-state index contributed by atoms with van der Waals surface area (Å²) < 4.78 is 5.18. The molecular formula is C15H21NO4. The lowest BCUT2D eigenvalue weighted by atomic mass is 10.1. The maximum atomic E-state index is 12.2. The number of hydrogen-bond acceptors (Lipinski definition) is 3. The molecule has 0 radical (unpaired) electrons. The van der Waals surface area contributed by atoms with Crippen LogP contribution in [0.4, 0.5) is 0 Å². The van der Waals surface area contributed by atoms with E-state index in [1.807, 2.05) is 13.0 Å². The van der Waals surface area contributed by atoms with Gasteiger partial charge in [0.05, 0.1) is 0 Å². The summed E-state index contributed by atoms with van der Waals surface area (Å²) in [6, 6.07) is 8.13. The number of aliphatic carboxylic acids is 1. The molecule has 0 spiro atoms. The molecule has 1 aromatic rings. The SMILES string of the molecule is CCCC[C@@H](NC(=O)[C@H](OC)c1ccccc1)C(=O)O. The van der Waals surface area contributed by atoms with Crippen LogP contribution in [-0.2, 0) is 14.3 Å². The van der Waals surface area contributed by atoms with Crippen molar-refractivity contribution in [1.82, 2.24) is 5.32 Å². The highest BCUT2D eigenvalue weighted by molar-refractivity contribution is 5.87. The van der Waals surface area contributed by atoms with Crippen LogP contribution >= 0.6 is 0 Å². The molecule has 0 aliphatic rings. The van der Waals surface area contributed by atoms with Gasteiger partial charge in [-0.25, -0.2) is 4.79 Å². The maximum Gasteiger partial charge on any atom is 0.326 e. The van der Waals surface area contributed by atoms with Gasteiger partial charge in [0.1, 0.15) is 6.04 Å². The van der Waals surface area contributed by atoms with Gasteiger partial charge >= 0.3 is 5.97 Å². The minimum absolute atomic E-state index is 0.419. The van der Waals surface area contributed by atoms with Crippen LogP contribution < -0.4 is 5.32 Å². The van der Waals surface area contributed by atoms with Gasteiger partial charge < -0.3 is 15.2 Å². The van der Waals surface area contributed by atoms with E-state index in [0.29, 0.717) is 12.0 Å². The number of benzene rings is 1. The van der Waals surface area contributed by atoms with Crippen LogP contribution in [0.2, 0.25) is 0 Å². The van der Waals surface area contributed by atoms with E-state index in [1.165, 1.54) is 7.11 Å². The Morgan fingerprint density at radius 2 is 1.95 bits per heavy atom. The van der Waals surface area contributed by atoms with Gasteiger partial charge in [-0.15, -0.1) is 0 Å². The molecule has 2 N–H and O–H groups in total. The van der Waals surface area contributed by atoms with Gasteiger partial charge in [0.25, 0.3) is 5.91 Å². The number of rotatable bonds is 8. The molecule has 1 aromatic carbocycles. The minimum Gasteiger partial charge on any atom is -0.480 e. The zero-order chi connectivity index (χ0) is 15.0. The lowest BCUT2D eigenvalue weighted by molar-refractivity contribution is -0.144. The van der Waals surface area contributed by atoms with Crippen LogP contribution in [0.1, 0.15) is 37.9 Å². The van der Waals surface area contributed by atoms with E-state index in [9.17, 15) is 9.59 Å². The van der Waals surface area contributed by atoms with E-state index in [0.717, 1.165) is 12.8 Å². The third-order valence-corrected chi connectivity index (χ3v) is 3.04. The second kappa shape index (κ2) is 8.32. The second-order valence-electron chi connectivity index (χ2n) is 4.57. The third-order valence-electron chi connectivity index (χ3n) is 3.04. The molecule has 5 nitrogen and oxygen atoms in total. The molecular weight excluding hydrogens is 258 g/mol. The van der Waals surface area contributed by atoms with Crippen LogP contribution in [0, 0.1) is 0 Å². The zero-order valence-corrected chi connectivity index (χ0v) is 11.8. The average molecular weight is 279 g/mol. The van der Waals surface area contributed by atoms with Crippen LogP contribution in [0.25, 0.3) is 0 Å². The van der Waals surface area contributed by atoms with E-state index in [1.54, 1.807) is 24.3 Å². The summed E-state index contributed by atoms with van der Waals surface area (Å²) in [6.45, 7) is 1.97. The number of ether oxygens (including phenoxy) is 1. The lowest BCUT2D eigenvalue weighted by Crippen LogP contribution is -2.43. The predicted octanol–water partition coefficient (Wildman–Crippen LogP) is 2.13. The highest BCUT2D eigenvalue weighted by Crippen LogP contribution is 2.16. The molecule has 0 aromatic heterocycles. The van der Waals surface area contributed by atoms with Gasteiger partial charge in [-0.05, 0) is 12.0 Å². The fraction of sp³-hybridized carbons (Fsp3) is 0.467. The normalized spacial score (nSPS) is 13.5. The molecule has 110 valence electrons. The first-order valence-corrected chi connectivity index (χ1v) is 6.71. The van der Waals surface area contributed by atoms with Crippen LogP contribution in [0.15, 0.2) is 30.3 Å². The predicted molar refractivity (Wildman–Crippen MR) is 75.3 cm³/mol. The number of amides is 1. The monoisotopic (exact) mass is 279 g/mol. The topological polar surface area (TPSA) is 75.6 Å². The number of carbonyl (C=O) groups excluding carboxylic acids is 1.